The molecule has 0 amide bonds. The van der Waals surface area contributed by atoms with Crippen LogP contribution in [0.5, 0.6) is 5.75 Å². The van der Waals surface area contributed by atoms with E-state index in [1.807, 2.05) is 0 Å². The highest BCUT2D eigenvalue weighted by molar-refractivity contribution is 6.95. The number of ether oxygens (including phenoxy) is 3. The summed E-state index contributed by atoms with van der Waals surface area (Å²) in [4.78, 5) is 0. The summed E-state index contributed by atoms with van der Waals surface area (Å²) >= 11 is 0. The third kappa shape index (κ3) is 5.47. The second-order valence-electron chi connectivity index (χ2n) is 6.84. The number of halogens is 3. The van der Waals surface area contributed by atoms with Gasteiger partial charge in [0.15, 0.2) is 0 Å². The monoisotopic (exact) mass is 410 g/mol. The van der Waals surface area contributed by atoms with Crippen molar-refractivity contribution in [3.05, 3.63) is 71.4 Å². The number of hydrogen-bond acceptors (Lipinski definition) is 3. The minimum Gasteiger partial charge on any atom is -0.497 e. The summed E-state index contributed by atoms with van der Waals surface area (Å²) in [5.41, 5.74) is 0.595. The molecule has 0 aromatic heterocycles. The standard InChI is InChI=1S/C21H25F3O3Si/c1-25-15-27-19(16-10-12-17(26-2)13-11-16)14-20(21(22,23)24)28(3,4)18-8-6-5-7-9-18/h5-14,19H,15H2,1-4H3/b20-14+. The number of methoxy groups -OCH3 is 2. The first kappa shape index (κ1) is 22.2. The maximum absolute atomic E-state index is 14.1. The molecule has 2 rings (SSSR count). The zero-order valence-electron chi connectivity index (χ0n) is 16.4. The molecule has 0 saturated heterocycles. The van der Waals surface area contributed by atoms with Gasteiger partial charge < -0.3 is 14.2 Å². The molecule has 0 bridgehead atoms. The molecule has 1 atom stereocenters. The van der Waals surface area contributed by atoms with Crippen LogP contribution in [0.4, 0.5) is 13.2 Å². The number of hydrogen-bond donors (Lipinski definition) is 0. The van der Waals surface area contributed by atoms with Crippen LogP contribution in [-0.4, -0.2) is 35.3 Å². The molecule has 0 aliphatic rings. The van der Waals surface area contributed by atoms with Crippen molar-refractivity contribution in [2.24, 2.45) is 0 Å². The van der Waals surface area contributed by atoms with Gasteiger partial charge in [-0.15, -0.1) is 0 Å². The summed E-state index contributed by atoms with van der Waals surface area (Å²) in [7, 11) is -0.0424. The first-order valence-corrected chi connectivity index (χ1v) is 11.8. The van der Waals surface area contributed by atoms with Crippen LogP contribution in [0.2, 0.25) is 13.1 Å². The fraction of sp³-hybridized carbons (Fsp3) is 0.333. The van der Waals surface area contributed by atoms with Crippen molar-refractivity contribution >= 4 is 13.3 Å². The SMILES string of the molecule is COCOC(/C=C(\C(F)(F)F)[Si](C)(C)c1ccccc1)c1ccc(OC)cc1. The molecule has 7 heteroatoms. The number of rotatable bonds is 8. The highest BCUT2D eigenvalue weighted by atomic mass is 28.3. The Morgan fingerprint density at radius 1 is 1.00 bits per heavy atom. The van der Waals surface area contributed by atoms with Crippen LogP contribution < -0.4 is 9.92 Å². The van der Waals surface area contributed by atoms with Gasteiger partial charge in [-0.25, -0.2) is 0 Å². The molecule has 0 aliphatic carbocycles. The van der Waals surface area contributed by atoms with Crippen LogP contribution in [0.1, 0.15) is 11.7 Å². The molecule has 0 aliphatic heterocycles. The molecule has 3 nitrogen and oxygen atoms in total. The van der Waals surface area contributed by atoms with Crippen LogP contribution in [0.15, 0.2) is 65.9 Å². The minimum atomic E-state index is -4.47. The first-order valence-electron chi connectivity index (χ1n) is 8.79. The normalized spacial score (nSPS) is 14.0. The van der Waals surface area contributed by atoms with E-state index in [1.165, 1.54) is 20.3 Å². The maximum Gasteiger partial charge on any atom is 0.409 e. The van der Waals surface area contributed by atoms with E-state index in [-0.39, 0.29) is 6.79 Å². The second kappa shape index (κ2) is 9.40. The molecule has 1 unspecified atom stereocenters. The fourth-order valence-corrected chi connectivity index (χ4v) is 5.61. The van der Waals surface area contributed by atoms with Crippen molar-refractivity contribution in [2.45, 2.75) is 25.4 Å². The van der Waals surface area contributed by atoms with E-state index >= 15 is 0 Å². The largest absolute Gasteiger partial charge is 0.497 e. The summed E-state index contributed by atoms with van der Waals surface area (Å²) in [5, 5.41) is 0.168. The van der Waals surface area contributed by atoms with Crippen LogP contribution in [0, 0.1) is 0 Å². The van der Waals surface area contributed by atoms with Gasteiger partial charge in [0.2, 0.25) is 0 Å². The van der Waals surface area contributed by atoms with Gasteiger partial charge >= 0.3 is 6.18 Å². The van der Waals surface area contributed by atoms with Gasteiger partial charge in [-0.1, -0.05) is 60.7 Å². The zero-order valence-corrected chi connectivity index (χ0v) is 17.4. The molecular weight excluding hydrogens is 385 g/mol. The molecule has 0 heterocycles. The molecule has 2 aromatic carbocycles. The molecule has 0 radical (unpaired) electrons. The highest BCUT2D eigenvalue weighted by Crippen LogP contribution is 2.36. The Morgan fingerprint density at radius 2 is 1.61 bits per heavy atom. The van der Waals surface area contributed by atoms with Crippen molar-refractivity contribution in [3.8, 4) is 5.75 Å². The Bertz CT molecular complexity index is 772. The molecular formula is C21H25F3O3Si. The Labute approximate surface area is 164 Å². The predicted molar refractivity (Wildman–Crippen MR) is 106 cm³/mol. The van der Waals surface area contributed by atoms with E-state index in [9.17, 15) is 13.2 Å². The quantitative estimate of drug-likeness (QED) is 0.453. The van der Waals surface area contributed by atoms with Crippen LogP contribution in [0.25, 0.3) is 0 Å². The lowest BCUT2D eigenvalue weighted by Crippen LogP contribution is -2.48. The van der Waals surface area contributed by atoms with Gasteiger partial charge in [0.25, 0.3) is 0 Å². The van der Waals surface area contributed by atoms with Gasteiger partial charge in [-0.3, -0.25) is 0 Å². The lowest BCUT2D eigenvalue weighted by molar-refractivity contribution is -0.0893. The number of benzene rings is 2. The van der Waals surface area contributed by atoms with Gasteiger partial charge in [-0.2, -0.15) is 13.2 Å². The molecule has 0 spiro atoms. The average molecular weight is 411 g/mol. The van der Waals surface area contributed by atoms with Crippen molar-refractivity contribution in [2.75, 3.05) is 21.0 Å². The van der Waals surface area contributed by atoms with Crippen LogP contribution >= 0.6 is 0 Å². The van der Waals surface area contributed by atoms with Crippen molar-refractivity contribution in [1.29, 1.82) is 0 Å². The maximum atomic E-state index is 14.1. The van der Waals surface area contributed by atoms with Crippen LogP contribution in [0.3, 0.4) is 0 Å². The Hall–Kier alpha value is -2.09. The lowest BCUT2D eigenvalue weighted by Gasteiger charge is -2.30. The molecule has 0 saturated carbocycles. The van der Waals surface area contributed by atoms with Gasteiger partial charge in [0.05, 0.1) is 7.11 Å². The van der Waals surface area contributed by atoms with E-state index in [0.29, 0.717) is 16.5 Å². The topological polar surface area (TPSA) is 27.7 Å². The first-order chi connectivity index (χ1) is 13.2. The van der Waals surface area contributed by atoms with Gasteiger partial charge in [0.1, 0.15) is 26.7 Å². The Kier molecular flexibility index (Phi) is 7.46. The van der Waals surface area contributed by atoms with Crippen molar-refractivity contribution in [3.63, 3.8) is 0 Å². The Balaban J connectivity index is 2.53. The fourth-order valence-electron chi connectivity index (χ4n) is 2.99. The molecule has 152 valence electrons. The van der Waals surface area contributed by atoms with E-state index < -0.39 is 25.6 Å². The lowest BCUT2D eigenvalue weighted by atomic mass is 10.1. The zero-order chi connectivity index (χ0) is 20.8. The Morgan fingerprint density at radius 3 is 2.11 bits per heavy atom. The molecule has 0 N–H and O–H groups in total. The summed E-state index contributed by atoms with van der Waals surface area (Å²) in [6.07, 6.45) is -4.16. The minimum absolute atomic E-state index is 0.119. The van der Waals surface area contributed by atoms with Gasteiger partial charge in [0, 0.05) is 12.3 Å². The molecule has 28 heavy (non-hydrogen) atoms. The van der Waals surface area contributed by atoms with E-state index in [1.54, 1.807) is 67.7 Å². The molecule has 2 aromatic rings. The van der Waals surface area contributed by atoms with Crippen molar-refractivity contribution in [1.82, 2.24) is 0 Å². The van der Waals surface area contributed by atoms with Crippen molar-refractivity contribution < 1.29 is 27.4 Å². The van der Waals surface area contributed by atoms with Gasteiger partial charge in [-0.05, 0) is 23.8 Å². The third-order valence-corrected chi connectivity index (χ3v) is 8.18. The number of allylic oxidation sites excluding steroid dienone is 1. The number of alkyl halides is 3. The van der Waals surface area contributed by atoms with E-state index in [4.69, 9.17) is 14.2 Å². The van der Waals surface area contributed by atoms with E-state index in [2.05, 4.69) is 0 Å². The summed E-state index contributed by atoms with van der Waals surface area (Å²) in [5.74, 6) is 0.619. The highest BCUT2D eigenvalue weighted by Gasteiger charge is 2.45. The molecule has 0 fully saturated rings. The van der Waals surface area contributed by atoms with Crippen LogP contribution in [-0.2, 0) is 9.47 Å². The second-order valence-corrected chi connectivity index (χ2v) is 11.2. The summed E-state index contributed by atoms with van der Waals surface area (Å²) in [6, 6.07) is 15.6. The summed E-state index contributed by atoms with van der Waals surface area (Å²) in [6.45, 7) is 3.28. The average Bonchev–Trinajstić information content (AvgIpc) is 2.68. The predicted octanol–water partition coefficient (Wildman–Crippen LogP) is 5.00. The third-order valence-electron chi connectivity index (χ3n) is 4.60. The smallest absolute Gasteiger partial charge is 0.409 e. The van der Waals surface area contributed by atoms with E-state index in [0.717, 1.165) is 0 Å². The summed E-state index contributed by atoms with van der Waals surface area (Å²) < 4.78 is 57.9.